The molecule has 0 saturated carbocycles. The predicted molar refractivity (Wildman–Crippen MR) is 102 cm³/mol. The average Bonchev–Trinajstić information content (AvgIpc) is 2.69. The van der Waals surface area contributed by atoms with E-state index in [9.17, 15) is 18.7 Å². The fraction of sp³-hybridized carbons (Fsp3) is 0.409. The van der Waals surface area contributed by atoms with Crippen LogP contribution in [0.5, 0.6) is 0 Å². The van der Waals surface area contributed by atoms with Crippen molar-refractivity contribution < 1.29 is 23.8 Å². The molecule has 2 N–H and O–H groups in total. The molecule has 4 nitrogen and oxygen atoms in total. The Kier molecular flexibility index (Phi) is 6.42. The van der Waals surface area contributed by atoms with Gasteiger partial charge in [-0.1, -0.05) is 24.3 Å². The van der Waals surface area contributed by atoms with Gasteiger partial charge in [-0.25, -0.2) is 8.78 Å². The molecule has 0 bridgehead atoms. The van der Waals surface area contributed by atoms with Gasteiger partial charge in [0.2, 0.25) is 0 Å². The van der Waals surface area contributed by atoms with Gasteiger partial charge < -0.3 is 15.1 Å². The number of carboxylic acid groups (broad SMARTS) is 1. The molecule has 0 spiro atoms. The summed E-state index contributed by atoms with van der Waals surface area (Å²) in [6.07, 6.45) is 2.16. The van der Waals surface area contributed by atoms with Crippen LogP contribution in [0, 0.1) is 17.6 Å². The highest BCUT2D eigenvalue weighted by molar-refractivity contribution is 5.66. The first-order valence-corrected chi connectivity index (χ1v) is 9.58. The average molecular weight is 389 g/mol. The number of halogens is 2. The Labute approximate surface area is 163 Å². The van der Waals surface area contributed by atoms with E-state index in [1.165, 1.54) is 24.3 Å². The molecule has 2 aromatic carbocycles. The second-order valence-electron chi connectivity index (χ2n) is 7.39. The van der Waals surface area contributed by atoms with E-state index in [-0.39, 0.29) is 24.0 Å². The lowest BCUT2D eigenvalue weighted by atomic mass is 9.72. The molecule has 1 aliphatic heterocycles. The van der Waals surface area contributed by atoms with Crippen molar-refractivity contribution in [2.75, 3.05) is 19.6 Å². The Bertz CT molecular complexity index is 739. The number of benzene rings is 2. The molecule has 0 aliphatic carbocycles. The fourth-order valence-electron chi connectivity index (χ4n) is 4.07. The van der Waals surface area contributed by atoms with Crippen LogP contribution in [0.15, 0.2) is 48.5 Å². The van der Waals surface area contributed by atoms with Crippen molar-refractivity contribution in [2.24, 2.45) is 5.92 Å². The van der Waals surface area contributed by atoms with Crippen LogP contribution in [0.1, 0.15) is 36.8 Å². The topological polar surface area (TPSA) is 60.8 Å². The van der Waals surface area contributed by atoms with Gasteiger partial charge in [0.25, 0.3) is 0 Å². The third kappa shape index (κ3) is 4.56. The molecule has 1 aliphatic rings. The lowest BCUT2D eigenvalue weighted by Crippen LogP contribution is -2.44. The van der Waals surface area contributed by atoms with Gasteiger partial charge in [0.05, 0.1) is 0 Å². The van der Waals surface area contributed by atoms with E-state index in [1.807, 2.05) is 0 Å². The molecule has 1 saturated heterocycles. The Hall–Kier alpha value is -2.31. The molecule has 3 rings (SSSR count). The first kappa shape index (κ1) is 20.4. The quantitative estimate of drug-likeness (QED) is 0.757. The lowest BCUT2D eigenvalue weighted by Gasteiger charge is -2.42. The zero-order valence-corrected chi connectivity index (χ0v) is 15.7. The zero-order valence-electron chi connectivity index (χ0n) is 15.7. The third-order valence-corrected chi connectivity index (χ3v) is 5.61. The van der Waals surface area contributed by atoms with E-state index in [0.29, 0.717) is 36.9 Å². The van der Waals surface area contributed by atoms with Gasteiger partial charge in [0.1, 0.15) is 17.2 Å². The van der Waals surface area contributed by atoms with Gasteiger partial charge in [-0.15, -0.1) is 0 Å². The maximum Gasteiger partial charge on any atom is 0.303 e. The second-order valence-corrected chi connectivity index (χ2v) is 7.39. The Morgan fingerprint density at radius 1 is 0.964 bits per heavy atom. The third-order valence-electron chi connectivity index (χ3n) is 5.61. The van der Waals surface area contributed by atoms with Gasteiger partial charge in [-0.05, 0) is 80.2 Å². The summed E-state index contributed by atoms with van der Waals surface area (Å²) in [5, 5.41) is 20.5. The standard InChI is InChI=1S/C22H25F2NO3/c23-19-7-3-16(4-8-19)22(28,17-5-9-20(24)10-6-17)18-11-14-25(15-12-18)13-1-2-21(26)27/h3-10,18,28H,1-2,11-15H2,(H,26,27). The number of piperidine rings is 1. The molecule has 6 heteroatoms. The molecule has 2 aromatic rings. The molecule has 0 radical (unpaired) electrons. The maximum absolute atomic E-state index is 13.4. The van der Waals surface area contributed by atoms with Crippen LogP contribution in [0.25, 0.3) is 0 Å². The van der Waals surface area contributed by atoms with E-state index < -0.39 is 11.6 Å². The van der Waals surface area contributed by atoms with Gasteiger partial charge >= 0.3 is 5.97 Å². The number of likely N-dealkylation sites (tertiary alicyclic amines) is 1. The Morgan fingerprint density at radius 2 is 1.43 bits per heavy atom. The first-order valence-electron chi connectivity index (χ1n) is 9.58. The highest BCUT2D eigenvalue weighted by Gasteiger charge is 2.41. The molecule has 1 fully saturated rings. The molecular formula is C22H25F2NO3. The summed E-state index contributed by atoms with van der Waals surface area (Å²) in [4.78, 5) is 12.9. The molecule has 1 heterocycles. The smallest absolute Gasteiger partial charge is 0.303 e. The van der Waals surface area contributed by atoms with Crippen molar-refractivity contribution >= 4 is 5.97 Å². The van der Waals surface area contributed by atoms with Gasteiger partial charge in [0.15, 0.2) is 0 Å². The predicted octanol–water partition coefficient (Wildman–Crippen LogP) is 3.78. The number of carbonyl (C=O) groups is 1. The van der Waals surface area contributed by atoms with Crippen molar-refractivity contribution in [1.82, 2.24) is 4.90 Å². The molecule has 0 unspecified atom stereocenters. The van der Waals surface area contributed by atoms with E-state index >= 15 is 0 Å². The van der Waals surface area contributed by atoms with Gasteiger partial charge in [-0.3, -0.25) is 4.79 Å². The van der Waals surface area contributed by atoms with Crippen molar-refractivity contribution in [3.8, 4) is 0 Å². The summed E-state index contributed by atoms with van der Waals surface area (Å²) in [5.41, 5.74) is -0.163. The Balaban J connectivity index is 1.79. The van der Waals surface area contributed by atoms with Gasteiger partial charge in [0, 0.05) is 6.42 Å². The molecule has 0 atom stereocenters. The second kappa shape index (κ2) is 8.80. The SMILES string of the molecule is O=C(O)CCCN1CCC(C(O)(c2ccc(F)cc2)c2ccc(F)cc2)CC1. The Morgan fingerprint density at radius 3 is 1.86 bits per heavy atom. The first-order chi connectivity index (χ1) is 13.4. The van der Waals surface area contributed by atoms with E-state index in [2.05, 4.69) is 4.90 Å². The molecule has 0 amide bonds. The van der Waals surface area contributed by atoms with Crippen LogP contribution in [-0.4, -0.2) is 40.7 Å². The molecule has 28 heavy (non-hydrogen) atoms. The number of aliphatic carboxylic acids is 1. The van der Waals surface area contributed by atoms with Crippen molar-refractivity contribution in [3.05, 3.63) is 71.3 Å². The van der Waals surface area contributed by atoms with Crippen molar-refractivity contribution in [1.29, 1.82) is 0 Å². The minimum atomic E-state index is -1.34. The number of hydrogen-bond acceptors (Lipinski definition) is 3. The number of aliphatic hydroxyl groups is 1. The summed E-state index contributed by atoms with van der Waals surface area (Å²) in [6.45, 7) is 2.20. The minimum Gasteiger partial charge on any atom is -0.481 e. The van der Waals surface area contributed by atoms with Crippen molar-refractivity contribution in [3.63, 3.8) is 0 Å². The van der Waals surface area contributed by atoms with E-state index in [0.717, 1.165) is 13.1 Å². The summed E-state index contributed by atoms with van der Waals surface area (Å²) in [6, 6.07) is 11.6. The van der Waals surface area contributed by atoms with Crippen LogP contribution in [0.4, 0.5) is 8.78 Å². The summed E-state index contributed by atoms with van der Waals surface area (Å²) < 4.78 is 26.8. The lowest BCUT2D eigenvalue weighted by molar-refractivity contribution is -0.137. The maximum atomic E-state index is 13.4. The fourth-order valence-corrected chi connectivity index (χ4v) is 4.07. The van der Waals surface area contributed by atoms with Crippen molar-refractivity contribution in [2.45, 2.75) is 31.3 Å². The summed E-state index contributed by atoms with van der Waals surface area (Å²) in [5.74, 6) is -1.66. The summed E-state index contributed by atoms with van der Waals surface area (Å²) >= 11 is 0. The van der Waals surface area contributed by atoms with Crippen LogP contribution in [-0.2, 0) is 10.4 Å². The zero-order chi connectivity index (χ0) is 20.1. The molecule has 150 valence electrons. The van der Waals surface area contributed by atoms with Crippen LogP contribution >= 0.6 is 0 Å². The molecular weight excluding hydrogens is 364 g/mol. The monoisotopic (exact) mass is 389 g/mol. The van der Waals surface area contributed by atoms with Crippen LogP contribution in [0.2, 0.25) is 0 Å². The van der Waals surface area contributed by atoms with Crippen LogP contribution < -0.4 is 0 Å². The number of hydrogen-bond donors (Lipinski definition) is 2. The summed E-state index contributed by atoms with van der Waals surface area (Å²) in [7, 11) is 0. The number of nitrogens with zero attached hydrogens (tertiary/aromatic N) is 1. The number of carboxylic acids is 1. The van der Waals surface area contributed by atoms with Gasteiger partial charge in [-0.2, -0.15) is 0 Å². The number of rotatable bonds is 7. The van der Waals surface area contributed by atoms with E-state index in [4.69, 9.17) is 5.11 Å². The van der Waals surface area contributed by atoms with Crippen LogP contribution in [0.3, 0.4) is 0 Å². The molecule has 0 aromatic heterocycles. The highest BCUT2D eigenvalue weighted by atomic mass is 19.1. The van der Waals surface area contributed by atoms with E-state index in [1.54, 1.807) is 24.3 Å². The highest BCUT2D eigenvalue weighted by Crippen LogP contribution is 2.42. The largest absolute Gasteiger partial charge is 0.481 e. The minimum absolute atomic E-state index is 0.112. The normalized spacial score (nSPS) is 16.2.